The molecule has 5 heteroatoms. The van der Waals surface area contributed by atoms with Gasteiger partial charge in [0, 0.05) is 17.8 Å². The highest BCUT2D eigenvalue weighted by Gasteiger charge is 2.35. The lowest BCUT2D eigenvalue weighted by atomic mass is 10.2. The number of carbonyl (C=O) groups is 2. The minimum atomic E-state index is -0.287. The quantitative estimate of drug-likeness (QED) is 0.880. The second-order valence-electron chi connectivity index (χ2n) is 4.05. The molecule has 0 aliphatic carbocycles. The second kappa shape index (κ2) is 5.31. The smallest absolute Gasteiger partial charge is 0.242 e. The number of likely N-dealkylation sites (tertiary alicyclic amines) is 1. The van der Waals surface area contributed by atoms with Gasteiger partial charge in [-0.1, -0.05) is 6.07 Å². The van der Waals surface area contributed by atoms with Crippen molar-refractivity contribution in [3.63, 3.8) is 0 Å². The van der Waals surface area contributed by atoms with Gasteiger partial charge in [0.25, 0.3) is 0 Å². The molecule has 1 aromatic heterocycles. The van der Waals surface area contributed by atoms with E-state index in [1.165, 1.54) is 0 Å². The molecule has 0 bridgehead atoms. The van der Waals surface area contributed by atoms with Gasteiger partial charge in [-0.3, -0.25) is 9.59 Å². The third-order valence-electron chi connectivity index (χ3n) is 2.89. The van der Waals surface area contributed by atoms with Crippen molar-refractivity contribution in [2.45, 2.75) is 32.4 Å². The monoisotopic (exact) mass is 252 g/mol. The maximum Gasteiger partial charge on any atom is 0.242 e. The third kappa shape index (κ3) is 2.66. The fraction of sp³-hybridized carbons (Fsp3) is 0.500. The summed E-state index contributed by atoms with van der Waals surface area (Å²) in [6.45, 7) is 3.05. The van der Waals surface area contributed by atoms with Crippen molar-refractivity contribution >= 4 is 23.2 Å². The number of rotatable bonds is 4. The van der Waals surface area contributed by atoms with Gasteiger partial charge in [-0.2, -0.15) is 0 Å². The van der Waals surface area contributed by atoms with Gasteiger partial charge in [-0.05, 0) is 24.8 Å². The Labute approximate surface area is 105 Å². The Morgan fingerprint density at radius 1 is 1.65 bits per heavy atom. The fourth-order valence-corrected chi connectivity index (χ4v) is 2.77. The number of thiophene rings is 1. The van der Waals surface area contributed by atoms with Crippen molar-refractivity contribution in [3.05, 3.63) is 22.4 Å². The molecule has 1 aliphatic heterocycles. The van der Waals surface area contributed by atoms with Gasteiger partial charge >= 0.3 is 0 Å². The van der Waals surface area contributed by atoms with Crippen LogP contribution in [0.5, 0.6) is 0 Å². The summed E-state index contributed by atoms with van der Waals surface area (Å²) in [6.07, 6.45) is 1.11. The minimum absolute atomic E-state index is 0.0325. The normalized spacial score (nSPS) is 19.7. The highest BCUT2D eigenvalue weighted by Crippen LogP contribution is 2.23. The van der Waals surface area contributed by atoms with Crippen LogP contribution in [0.25, 0.3) is 0 Å². The summed E-state index contributed by atoms with van der Waals surface area (Å²) in [6, 6.07) is 3.66. The summed E-state index contributed by atoms with van der Waals surface area (Å²) in [4.78, 5) is 26.4. The summed E-state index contributed by atoms with van der Waals surface area (Å²) >= 11 is 1.61. The number of hydrogen-bond acceptors (Lipinski definition) is 3. The first-order chi connectivity index (χ1) is 8.22. The molecule has 0 aromatic carbocycles. The lowest BCUT2D eigenvalue weighted by molar-refractivity contribution is -0.135. The Morgan fingerprint density at radius 3 is 3.12 bits per heavy atom. The van der Waals surface area contributed by atoms with E-state index in [1.807, 2.05) is 24.4 Å². The predicted octanol–water partition coefficient (Wildman–Crippen LogP) is 1.38. The average molecular weight is 252 g/mol. The molecule has 1 aliphatic rings. The third-order valence-corrected chi connectivity index (χ3v) is 3.75. The molecule has 2 rings (SSSR count). The van der Waals surface area contributed by atoms with Crippen LogP contribution >= 0.6 is 11.3 Å². The zero-order valence-electron chi connectivity index (χ0n) is 9.81. The van der Waals surface area contributed by atoms with E-state index in [1.54, 1.807) is 16.2 Å². The number of amides is 2. The molecule has 1 aromatic rings. The van der Waals surface area contributed by atoms with Crippen molar-refractivity contribution in [1.29, 1.82) is 0 Å². The van der Waals surface area contributed by atoms with Crippen LogP contribution in [0.2, 0.25) is 0 Å². The van der Waals surface area contributed by atoms with Crippen LogP contribution in [0.15, 0.2) is 17.5 Å². The van der Waals surface area contributed by atoms with E-state index in [0.29, 0.717) is 25.9 Å². The summed E-state index contributed by atoms with van der Waals surface area (Å²) in [5.41, 5.74) is 0. The standard InChI is InChI=1S/C12H16N2O2S/c1-2-13-12(16)10-5-6-11(15)14(10)8-9-4-3-7-17-9/h3-4,7,10H,2,5-6,8H2,1H3,(H,13,16)/t10-/m1/s1. The highest BCUT2D eigenvalue weighted by molar-refractivity contribution is 7.09. The zero-order valence-corrected chi connectivity index (χ0v) is 10.6. The molecule has 4 nitrogen and oxygen atoms in total. The van der Waals surface area contributed by atoms with Crippen LogP contribution in [0.4, 0.5) is 0 Å². The molecular weight excluding hydrogens is 236 g/mol. The lowest BCUT2D eigenvalue weighted by Crippen LogP contribution is -2.44. The largest absolute Gasteiger partial charge is 0.355 e. The van der Waals surface area contributed by atoms with Crippen molar-refractivity contribution in [3.8, 4) is 0 Å². The van der Waals surface area contributed by atoms with Crippen LogP contribution in [0, 0.1) is 0 Å². The summed E-state index contributed by atoms with van der Waals surface area (Å²) in [5, 5.41) is 4.77. The molecule has 1 N–H and O–H groups in total. The van der Waals surface area contributed by atoms with Gasteiger partial charge in [-0.25, -0.2) is 0 Å². The Balaban J connectivity index is 2.06. The second-order valence-corrected chi connectivity index (χ2v) is 5.08. The SMILES string of the molecule is CCNC(=O)[C@H]1CCC(=O)N1Cc1cccs1. The summed E-state index contributed by atoms with van der Waals surface area (Å²) < 4.78 is 0. The van der Waals surface area contributed by atoms with Crippen LogP contribution in [-0.4, -0.2) is 29.3 Å². The average Bonchev–Trinajstić information content (AvgIpc) is 2.91. The van der Waals surface area contributed by atoms with Gasteiger partial charge in [0.2, 0.25) is 11.8 Å². The summed E-state index contributed by atoms with van der Waals surface area (Å²) in [7, 11) is 0. The van der Waals surface area contributed by atoms with Gasteiger partial charge in [0.1, 0.15) is 6.04 Å². The molecule has 2 amide bonds. The van der Waals surface area contributed by atoms with Crippen molar-refractivity contribution < 1.29 is 9.59 Å². The van der Waals surface area contributed by atoms with E-state index < -0.39 is 0 Å². The molecule has 0 spiro atoms. The van der Waals surface area contributed by atoms with Crippen molar-refractivity contribution in [2.75, 3.05) is 6.54 Å². The Kier molecular flexibility index (Phi) is 3.78. The van der Waals surface area contributed by atoms with Crippen LogP contribution in [0.3, 0.4) is 0 Å². The number of hydrogen-bond donors (Lipinski definition) is 1. The molecular formula is C12H16N2O2S. The lowest BCUT2D eigenvalue weighted by Gasteiger charge is -2.23. The molecule has 0 saturated carbocycles. The van der Waals surface area contributed by atoms with E-state index in [2.05, 4.69) is 5.32 Å². The van der Waals surface area contributed by atoms with E-state index in [0.717, 1.165) is 4.88 Å². The molecule has 2 heterocycles. The molecule has 17 heavy (non-hydrogen) atoms. The van der Waals surface area contributed by atoms with E-state index >= 15 is 0 Å². The van der Waals surface area contributed by atoms with Crippen LogP contribution in [0.1, 0.15) is 24.6 Å². The first-order valence-electron chi connectivity index (χ1n) is 5.82. The van der Waals surface area contributed by atoms with Gasteiger partial charge in [-0.15, -0.1) is 11.3 Å². The Bertz CT molecular complexity index is 403. The van der Waals surface area contributed by atoms with Crippen LogP contribution in [-0.2, 0) is 16.1 Å². The molecule has 1 saturated heterocycles. The molecule has 1 fully saturated rings. The first-order valence-corrected chi connectivity index (χ1v) is 6.70. The van der Waals surface area contributed by atoms with E-state index in [-0.39, 0.29) is 17.9 Å². The Hall–Kier alpha value is -1.36. The number of likely N-dealkylation sites (N-methyl/N-ethyl adjacent to an activating group) is 1. The minimum Gasteiger partial charge on any atom is -0.355 e. The molecule has 1 atom stereocenters. The van der Waals surface area contributed by atoms with Crippen molar-refractivity contribution in [1.82, 2.24) is 10.2 Å². The van der Waals surface area contributed by atoms with E-state index in [4.69, 9.17) is 0 Å². The Morgan fingerprint density at radius 2 is 2.47 bits per heavy atom. The molecule has 92 valence electrons. The first kappa shape index (κ1) is 12.1. The van der Waals surface area contributed by atoms with Crippen LogP contribution < -0.4 is 5.32 Å². The van der Waals surface area contributed by atoms with Crippen molar-refractivity contribution in [2.24, 2.45) is 0 Å². The number of nitrogens with zero attached hydrogens (tertiary/aromatic N) is 1. The summed E-state index contributed by atoms with van der Waals surface area (Å²) in [5.74, 6) is 0.0459. The van der Waals surface area contributed by atoms with Gasteiger partial charge in [0.15, 0.2) is 0 Å². The number of nitrogens with one attached hydrogen (secondary N) is 1. The predicted molar refractivity (Wildman–Crippen MR) is 66.6 cm³/mol. The fourth-order valence-electron chi connectivity index (χ4n) is 2.07. The zero-order chi connectivity index (χ0) is 12.3. The van der Waals surface area contributed by atoms with E-state index in [9.17, 15) is 9.59 Å². The molecule has 0 unspecified atom stereocenters. The highest BCUT2D eigenvalue weighted by atomic mass is 32.1. The topological polar surface area (TPSA) is 49.4 Å². The van der Waals surface area contributed by atoms with Gasteiger partial charge < -0.3 is 10.2 Å². The van der Waals surface area contributed by atoms with Gasteiger partial charge in [0.05, 0.1) is 6.54 Å². The number of carbonyl (C=O) groups excluding carboxylic acids is 2. The maximum atomic E-state index is 11.8. The molecule has 0 radical (unpaired) electrons. The maximum absolute atomic E-state index is 11.8.